The van der Waals surface area contributed by atoms with Crippen LogP contribution in [0.25, 0.3) is 6.08 Å². The van der Waals surface area contributed by atoms with Gasteiger partial charge >= 0.3 is 0 Å². The van der Waals surface area contributed by atoms with Crippen LogP contribution in [0, 0.1) is 34.0 Å². The van der Waals surface area contributed by atoms with Crippen molar-refractivity contribution in [2.75, 3.05) is 7.05 Å². The van der Waals surface area contributed by atoms with Gasteiger partial charge in [0.25, 0.3) is 0 Å². The van der Waals surface area contributed by atoms with Crippen LogP contribution < -0.4 is 0 Å². The van der Waals surface area contributed by atoms with Crippen LogP contribution in [0.3, 0.4) is 0 Å². The van der Waals surface area contributed by atoms with Crippen LogP contribution in [0.1, 0.15) is 84.8 Å². The molecule has 5 unspecified atom stereocenters. The van der Waals surface area contributed by atoms with Crippen molar-refractivity contribution in [2.45, 2.75) is 63.9 Å². The number of hydrogen-bond donors (Lipinski definition) is 1. The molecule has 0 spiro atoms. The molecule has 0 radical (unpaired) electrons. The van der Waals surface area contributed by atoms with E-state index in [1.54, 1.807) is 11.6 Å². The third-order valence-electron chi connectivity index (χ3n) is 9.62. The summed E-state index contributed by atoms with van der Waals surface area (Å²) in [5, 5.41) is 13.3. The Hall–Kier alpha value is -3.88. The molecule has 5 nitrogen and oxygen atoms in total. The summed E-state index contributed by atoms with van der Waals surface area (Å²) >= 11 is 0. The van der Waals surface area contributed by atoms with E-state index in [9.17, 15) is 14.7 Å². The lowest BCUT2D eigenvalue weighted by Gasteiger charge is -2.52. The van der Waals surface area contributed by atoms with E-state index in [4.69, 9.17) is 4.91 Å². The molecule has 1 N–H and O–H groups in total. The summed E-state index contributed by atoms with van der Waals surface area (Å²) in [6.07, 6.45) is 12.8. The molecule has 2 saturated carbocycles. The lowest BCUT2D eigenvalue weighted by molar-refractivity contribution is -0.114. The smallest absolute Gasteiger partial charge is 0.156 e. The molecule has 210 valence electrons. The van der Waals surface area contributed by atoms with E-state index in [0.717, 1.165) is 55.9 Å². The second kappa shape index (κ2) is 12.3. The number of nitroso groups, excluding NO2 is 1. The first-order valence-electron chi connectivity index (χ1n) is 14.6. The third-order valence-corrected chi connectivity index (χ3v) is 9.62. The standard InChI is InChI=1S/C35H34O3.CH3NO/c1-35-21-31(26-11-9-23(10-12-26)5-2-3-6-24-7-4-8-25(19-24)22-36)34-29-16-14-28(37)20-27(29)13-15-30(34)32(35)17-18-33(35)38;1-2-3/h3-4,6-12,19-20,22,30-33,38H,13-18,21H2,1H3;1H3/b6-3+;. The normalized spacial score (nSPS) is 28.3. The summed E-state index contributed by atoms with van der Waals surface area (Å²) in [6.45, 7) is 2.32. The molecule has 2 aromatic rings. The zero-order chi connectivity index (χ0) is 29.0. The van der Waals surface area contributed by atoms with E-state index >= 15 is 0 Å². The number of ketones is 1. The molecule has 0 heterocycles. The molecule has 6 rings (SSSR count). The molecule has 5 heteroatoms. The number of carbonyl (C=O) groups is 2. The highest BCUT2D eigenvalue weighted by atomic mass is 16.3. The molecule has 4 aliphatic carbocycles. The monoisotopic (exact) mass is 547 g/mol. The number of nitrogens with zero attached hydrogens (tertiary/aromatic N) is 1. The van der Waals surface area contributed by atoms with E-state index in [2.05, 4.69) is 48.2 Å². The number of carbonyl (C=O) groups excluding carboxylic acids is 2. The van der Waals surface area contributed by atoms with Gasteiger partial charge in [-0.15, -0.1) is 0 Å². The summed E-state index contributed by atoms with van der Waals surface area (Å²) < 4.78 is 0. The van der Waals surface area contributed by atoms with Gasteiger partial charge in [0.1, 0.15) is 6.29 Å². The minimum Gasteiger partial charge on any atom is -0.393 e. The maximum absolute atomic E-state index is 12.2. The molecule has 2 fully saturated rings. The Kier molecular flexibility index (Phi) is 8.61. The Balaban J connectivity index is 0.00000108. The summed E-state index contributed by atoms with van der Waals surface area (Å²) in [7, 11) is 1.19. The van der Waals surface area contributed by atoms with Gasteiger partial charge in [0, 0.05) is 23.5 Å². The van der Waals surface area contributed by atoms with E-state index in [0.29, 0.717) is 23.8 Å². The van der Waals surface area contributed by atoms with Crippen molar-refractivity contribution in [2.24, 2.45) is 22.4 Å². The second-order valence-corrected chi connectivity index (χ2v) is 11.9. The van der Waals surface area contributed by atoms with Crippen molar-refractivity contribution >= 4 is 18.1 Å². The van der Waals surface area contributed by atoms with Gasteiger partial charge in [0.15, 0.2) is 5.78 Å². The van der Waals surface area contributed by atoms with E-state index in [-0.39, 0.29) is 23.2 Å². The first-order valence-corrected chi connectivity index (χ1v) is 14.6. The molecule has 2 aromatic carbocycles. The van der Waals surface area contributed by atoms with Gasteiger partial charge in [0.2, 0.25) is 0 Å². The first-order chi connectivity index (χ1) is 19.9. The number of benzene rings is 2. The Morgan fingerprint density at radius 1 is 1.02 bits per heavy atom. The van der Waals surface area contributed by atoms with Crippen LogP contribution in [0.2, 0.25) is 0 Å². The lowest BCUT2D eigenvalue weighted by atomic mass is 9.53. The van der Waals surface area contributed by atoms with Crippen molar-refractivity contribution in [3.63, 3.8) is 0 Å². The van der Waals surface area contributed by atoms with Crippen molar-refractivity contribution in [3.05, 3.63) is 105 Å². The zero-order valence-corrected chi connectivity index (χ0v) is 23.8. The fourth-order valence-corrected chi connectivity index (χ4v) is 7.73. The van der Waals surface area contributed by atoms with Crippen LogP contribution in [-0.2, 0) is 4.79 Å². The highest BCUT2D eigenvalue weighted by Crippen LogP contribution is 2.63. The molecule has 4 aliphatic rings. The van der Waals surface area contributed by atoms with Crippen LogP contribution >= 0.6 is 0 Å². The van der Waals surface area contributed by atoms with Gasteiger partial charge in [0.05, 0.1) is 13.2 Å². The van der Waals surface area contributed by atoms with Gasteiger partial charge in [-0.1, -0.05) is 59.8 Å². The number of hydrogen-bond acceptors (Lipinski definition) is 5. The highest BCUT2D eigenvalue weighted by molar-refractivity contribution is 5.93. The Bertz CT molecular complexity index is 1490. The Morgan fingerprint density at radius 2 is 1.78 bits per heavy atom. The molecular formula is C36H37NO4. The third kappa shape index (κ3) is 5.80. The minimum atomic E-state index is -0.240. The number of aliphatic hydroxyl groups excluding tert-OH is 1. The van der Waals surface area contributed by atoms with Crippen molar-refractivity contribution in [1.82, 2.24) is 0 Å². The SMILES string of the molecule is CC12CC(c3ccc(C#C/C=C/c4cccc(C=O)c4)cc3)C3=C4CCC(=O)C=C4CCC3C1CCC2O.CN=O. The lowest BCUT2D eigenvalue weighted by Crippen LogP contribution is -2.45. The molecular weight excluding hydrogens is 510 g/mol. The Morgan fingerprint density at radius 3 is 2.54 bits per heavy atom. The van der Waals surface area contributed by atoms with Gasteiger partial charge in [-0.25, -0.2) is 0 Å². The van der Waals surface area contributed by atoms with Crippen molar-refractivity contribution < 1.29 is 14.7 Å². The van der Waals surface area contributed by atoms with Gasteiger partial charge in [-0.05, 0) is 114 Å². The van der Waals surface area contributed by atoms with E-state index in [1.807, 2.05) is 36.4 Å². The summed E-state index contributed by atoms with van der Waals surface area (Å²) in [4.78, 5) is 31.7. The van der Waals surface area contributed by atoms with E-state index in [1.165, 1.54) is 23.8 Å². The number of aliphatic hydroxyl groups is 1. The molecule has 5 atom stereocenters. The van der Waals surface area contributed by atoms with Crippen molar-refractivity contribution in [1.29, 1.82) is 0 Å². The molecule has 0 amide bonds. The van der Waals surface area contributed by atoms with Crippen LogP contribution in [-0.4, -0.2) is 30.3 Å². The highest BCUT2D eigenvalue weighted by Gasteiger charge is 2.56. The number of fused-ring (bicyclic) bond motifs is 4. The van der Waals surface area contributed by atoms with Gasteiger partial charge in [-0.3, -0.25) is 9.59 Å². The number of aldehydes is 1. The average molecular weight is 548 g/mol. The van der Waals surface area contributed by atoms with Gasteiger partial charge in [-0.2, -0.15) is 4.91 Å². The summed E-state index contributed by atoms with van der Waals surface area (Å²) in [5.74, 6) is 7.91. The van der Waals surface area contributed by atoms with Crippen molar-refractivity contribution in [3.8, 4) is 11.8 Å². The Labute approximate surface area is 242 Å². The van der Waals surface area contributed by atoms with Crippen LogP contribution in [0.4, 0.5) is 0 Å². The molecule has 0 aliphatic heterocycles. The van der Waals surface area contributed by atoms with Crippen LogP contribution in [0.15, 0.2) is 82.6 Å². The van der Waals surface area contributed by atoms with Gasteiger partial charge < -0.3 is 5.11 Å². The quantitative estimate of drug-likeness (QED) is 0.250. The van der Waals surface area contributed by atoms with Crippen LogP contribution in [0.5, 0.6) is 0 Å². The topological polar surface area (TPSA) is 83.8 Å². The number of rotatable bonds is 3. The maximum Gasteiger partial charge on any atom is 0.156 e. The predicted octanol–water partition coefficient (Wildman–Crippen LogP) is 7.21. The summed E-state index contributed by atoms with van der Waals surface area (Å²) in [5.41, 5.74) is 8.08. The fraction of sp³-hybridized carbons (Fsp3) is 0.389. The summed E-state index contributed by atoms with van der Waals surface area (Å²) in [6, 6.07) is 16.1. The molecule has 0 aromatic heterocycles. The molecule has 0 saturated heterocycles. The zero-order valence-electron chi connectivity index (χ0n) is 23.8. The largest absolute Gasteiger partial charge is 0.393 e. The first kappa shape index (κ1) is 28.6. The molecule has 41 heavy (non-hydrogen) atoms. The average Bonchev–Trinajstić information content (AvgIpc) is 3.29. The maximum atomic E-state index is 12.2. The van der Waals surface area contributed by atoms with E-state index < -0.39 is 0 Å². The predicted molar refractivity (Wildman–Crippen MR) is 162 cm³/mol. The minimum absolute atomic E-state index is 0.0600. The fourth-order valence-electron chi connectivity index (χ4n) is 7.73. The number of allylic oxidation sites excluding steroid dienone is 5. The second-order valence-electron chi connectivity index (χ2n) is 11.9. The molecule has 0 bridgehead atoms.